The summed E-state index contributed by atoms with van der Waals surface area (Å²) in [6.45, 7) is 2.94. The van der Waals surface area contributed by atoms with Crippen molar-refractivity contribution in [2.75, 3.05) is 18.7 Å². The minimum atomic E-state index is -0.273. The van der Waals surface area contributed by atoms with E-state index in [1.807, 2.05) is 29.3 Å². The van der Waals surface area contributed by atoms with Gasteiger partial charge in [-0.2, -0.15) is 10.2 Å². The van der Waals surface area contributed by atoms with E-state index >= 15 is 0 Å². The lowest BCUT2D eigenvalue weighted by molar-refractivity contribution is 0.0955. The van der Waals surface area contributed by atoms with Gasteiger partial charge in [-0.25, -0.2) is 5.43 Å². The SMILES string of the molecule is COc1ccc(C(=O)NN=Cc2ccc(N3CCC(c4ccc(C)cc4)=N3)cc2)cc1. The molecule has 0 aliphatic carbocycles. The fourth-order valence-electron chi connectivity index (χ4n) is 3.30. The minimum Gasteiger partial charge on any atom is -0.497 e. The number of carbonyl (C=O) groups is 1. The summed E-state index contributed by atoms with van der Waals surface area (Å²) in [6.07, 6.45) is 2.54. The Morgan fingerprint density at radius 1 is 1.03 bits per heavy atom. The molecule has 0 spiro atoms. The molecule has 1 N–H and O–H groups in total. The Bertz CT molecular complexity index is 1100. The fourth-order valence-corrected chi connectivity index (χ4v) is 3.30. The summed E-state index contributed by atoms with van der Waals surface area (Å²) in [5.74, 6) is 0.430. The Hall–Kier alpha value is -3.93. The van der Waals surface area contributed by atoms with Crippen LogP contribution in [0.1, 0.15) is 33.5 Å². The lowest BCUT2D eigenvalue weighted by atomic mass is 10.1. The van der Waals surface area contributed by atoms with Crippen LogP contribution in [-0.2, 0) is 0 Å². The Morgan fingerprint density at radius 3 is 2.42 bits per heavy atom. The van der Waals surface area contributed by atoms with Crippen molar-refractivity contribution in [1.29, 1.82) is 0 Å². The van der Waals surface area contributed by atoms with E-state index in [1.54, 1.807) is 37.6 Å². The van der Waals surface area contributed by atoms with Gasteiger partial charge in [0.2, 0.25) is 0 Å². The first-order valence-electron chi connectivity index (χ1n) is 10.1. The van der Waals surface area contributed by atoms with E-state index in [0.29, 0.717) is 11.3 Å². The lowest BCUT2D eigenvalue weighted by Gasteiger charge is -2.13. The molecule has 0 atom stereocenters. The second-order valence-corrected chi connectivity index (χ2v) is 7.31. The number of rotatable bonds is 6. The van der Waals surface area contributed by atoms with E-state index in [0.717, 1.165) is 29.9 Å². The van der Waals surface area contributed by atoms with Crippen LogP contribution < -0.4 is 15.2 Å². The van der Waals surface area contributed by atoms with Crippen molar-refractivity contribution in [1.82, 2.24) is 5.43 Å². The number of hydrogen-bond donors (Lipinski definition) is 1. The van der Waals surface area contributed by atoms with Crippen molar-refractivity contribution in [3.63, 3.8) is 0 Å². The largest absolute Gasteiger partial charge is 0.497 e. The van der Waals surface area contributed by atoms with Crippen LogP contribution in [0.3, 0.4) is 0 Å². The molecule has 3 aromatic rings. The number of hydrogen-bond acceptors (Lipinski definition) is 5. The first-order chi connectivity index (χ1) is 15.1. The van der Waals surface area contributed by atoms with Crippen molar-refractivity contribution in [2.24, 2.45) is 10.2 Å². The molecule has 3 aromatic carbocycles. The third kappa shape index (κ3) is 4.98. The molecule has 0 fully saturated rings. The van der Waals surface area contributed by atoms with Gasteiger partial charge in [0.15, 0.2) is 0 Å². The smallest absolute Gasteiger partial charge is 0.271 e. The standard InChI is InChI=1S/C25H24N4O2/c1-18-3-7-20(8-4-18)24-15-16-29(28-24)22-11-5-19(6-12-22)17-26-27-25(30)21-9-13-23(31-2)14-10-21/h3-14,17H,15-16H2,1-2H3,(H,27,30). The molecule has 6 nitrogen and oxygen atoms in total. The van der Waals surface area contributed by atoms with Crippen LogP contribution >= 0.6 is 0 Å². The van der Waals surface area contributed by atoms with Crippen LogP contribution in [0, 0.1) is 6.92 Å². The molecule has 0 bridgehead atoms. The molecule has 1 heterocycles. The Kier molecular flexibility index (Phi) is 6.08. The van der Waals surface area contributed by atoms with Crippen LogP contribution in [0.25, 0.3) is 0 Å². The third-order valence-corrected chi connectivity index (χ3v) is 5.11. The van der Waals surface area contributed by atoms with E-state index in [2.05, 4.69) is 41.7 Å². The number of anilines is 1. The summed E-state index contributed by atoms with van der Waals surface area (Å²) in [4.78, 5) is 12.1. The molecule has 6 heteroatoms. The second kappa shape index (κ2) is 9.26. The zero-order chi connectivity index (χ0) is 21.6. The quantitative estimate of drug-likeness (QED) is 0.483. The summed E-state index contributed by atoms with van der Waals surface area (Å²) in [7, 11) is 1.59. The molecule has 156 valence electrons. The maximum Gasteiger partial charge on any atom is 0.271 e. The Balaban J connectivity index is 1.35. The molecular formula is C25H24N4O2. The molecule has 0 saturated carbocycles. The number of hydrazone groups is 2. The highest BCUT2D eigenvalue weighted by atomic mass is 16.5. The molecule has 1 aliphatic rings. The van der Waals surface area contributed by atoms with Crippen LogP contribution in [-0.4, -0.2) is 31.5 Å². The van der Waals surface area contributed by atoms with E-state index in [-0.39, 0.29) is 5.91 Å². The van der Waals surface area contributed by atoms with Gasteiger partial charge in [-0.05, 0) is 54.4 Å². The molecule has 0 saturated heterocycles. The summed E-state index contributed by atoms with van der Waals surface area (Å²) < 4.78 is 5.09. The maximum atomic E-state index is 12.1. The zero-order valence-electron chi connectivity index (χ0n) is 17.6. The van der Waals surface area contributed by atoms with Gasteiger partial charge >= 0.3 is 0 Å². The number of methoxy groups -OCH3 is 1. The fraction of sp³-hybridized carbons (Fsp3) is 0.160. The summed E-state index contributed by atoms with van der Waals surface area (Å²) >= 11 is 0. The van der Waals surface area contributed by atoms with Gasteiger partial charge in [0.1, 0.15) is 5.75 Å². The van der Waals surface area contributed by atoms with Gasteiger partial charge in [-0.3, -0.25) is 9.80 Å². The first kappa shape index (κ1) is 20.3. The predicted octanol–water partition coefficient (Wildman–Crippen LogP) is 4.38. The van der Waals surface area contributed by atoms with Gasteiger partial charge in [0.05, 0.1) is 24.7 Å². The van der Waals surface area contributed by atoms with E-state index < -0.39 is 0 Å². The lowest BCUT2D eigenvalue weighted by Crippen LogP contribution is -2.17. The zero-order valence-corrected chi connectivity index (χ0v) is 17.6. The van der Waals surface area contributed by atoms with Crippen LogP contribution in [0.2, 0.25) is 0 Å². The van der Waals surface area contributed by atoms with Crippen molar-refractivity contribution in [3.05, 3.63) is 95.1 Å². The number of carbonyl (C=O) groups excluding carboxylic acids is 1. The van der Waals surface area contributed by atoms with E-state index in [1.165, 1.54) is 11.1 Å². The van der Waals surface area contributed by atoms with Crippen LogP contribution in [0.15, 0.2) is 83.0 Å². The average molecular weight is 412 g/mol. The van der Waals surface area contributed by atoms with Gasteiger partial charge in [0.25, 0.3) is 5.91 Å². The summed E-state index contributed by atoms with van der Waals surface area (Å²) in [5, 5.41) is 10.8. The molecule has 1 amide bonds. The molecule has 1 aliphatic heterocycles. The van der Waals surface area contributed by atoms with Gasteiger partial charge in [-0.1, -0.05) is 42.0 Å². The van der Waals surface area contributed by atoms with E-state index in [4.69, 9.17) is 9.84 Å². The molecule has 0 unspecified atom stereocenters. The minimum absolute atomic E-state index is 0.273. The molecule has 0 aromatic heterocycles. The normalized spacial score (nSPS) is 13.4. The molecule has 31 heavy (non-hydrogen) atoms. The second-order valence-electron chi connectivity index (χ2n) is 7.31. The van der Waals surface area contributed by atoms with Gasteiger partial charge < -0.3 is 4.74 Å². The Morgan fingerprint density at radius 2 is 1.74 bits per heavy atom. The summed E-state index contributed by atoms with van der Waals surface area (Å²) in [6, 6.07) is 23.3. The number of aryl methyl sites for hydroxylation is 1. The Labute approximate surface area is 181 Å². The predicted molar refractivity (Wildman–Crippen MR) is 124 cm³/mol. The summed E-state index contributed by atoms with van der Waals surface area (Å²) in [5.41, 5.74) is 8.50. The van der Waals surface area contributed by atoms with Gasteiger partial charge in [-0.15, -0.1) is 0 Å². The topological polar surface area (TPSA) is 66.3 Å². The number of benzene rings is 3. The van der Waals surface area contributed by atoms with Crippen molar-refractivity contribution < 1.29 is 9.53 Å². The third-order valence-electron chi connectivity index (χ3n) is 5.11. The molecular weight excluding hydrogens is 388 g/mol. The van der Waals surface area contributed by atoms with E-state index in [9.17, 15) is 4.79 Å². The maximum absolute atomic E-state index is 12.1. The van der Waals surface area contributed by atoms with Crippen molar-refractivity contribution in [3.8, 4) is 5.75 Å². The molecule has 4 rings (SSSR count). The number of ether oxygens (including phenoxy) is 1. The molecule has 0 radical (unpaired) electrons. The number of nitrogens with one attached hydrogen (secondary N) is 1. The van der Waals surface area contributed by atoms with Crippen molar-refractivity contribution in [2.45, 2.75) is 13.3 Å². The van der Waals surface area contributed by atoms with Crippen molar-refractivity contribution >= 4 is 23.5 Å². The number of amides is 1. The number of nitrogens with zero attached hydrogens (tertiary/aromatic N) is 3. The average Bonchev–Trinajstić information content (AvgIpc) is 3.30. The highest BCUT2D eigenvalue weighted by Gasteiger charge is 2.17. The van der Waals surface area contributed by atoms with Crippen LogP contribution in [0.4, 0.5) is 5.69 Å². The highest BCUT2D eigenvalue weighted by Crippen LogP contribution is 2.22. The highest BCUT2D eigenvalue weighted by molar-refractivity contribution is 6.02. The first-order valence-corrected chi connectivity index (χ1v) is 10.1. The van der Waals surface area contributed by atoms with Crippen LogP contribution in [0.5, 0.6) is 5.75 Å². The van der Waals surface area contributed by atoms with Gasteiger partial charge in [0, 0.05) is 18.5 Å². The monoisotopic (exact) mass is 412 g/mol.